The number of nitrogens with one attached hydrogen (secondary N) is 2. The van der Waals surface area contributed by atoms with Crippen molar-refractivity contribution in [3.05, 3.63) is 29.8 Å². The van der Waals surface area contributed by atoms with E-state index in [1.807, 2.05) is 31.2 Å². The summed E-state index contributed by atoms with van der Waals surface area (Å²) in [6.45, 7) is 3.29. The highest BCUT2D eigenvalue weighted by Crippen LogP contribution is 2.31. The second-order valence-corrected chi connectivity index (χ2v) is 4.32. The molecule has 0 saturated carbocycles. The lowest BCUT2D eigenvalue weighted by Gasteiger charge is -2.25. The van der Waals surface area contributed by atoms with E-state index in [9.17, 15) is 4.79 Å². The van der Waals surface area contributed by atoms with Gasteiger partial charge in [0.05, 0.1) is 5.92 Å². The molecule has 3 nitrogen and oxygen atoms in total. The summed E-state index contributed by atoms with van der Waals surface area (Å²) in [5.41, 5.74) is 2.18. The predicted molar refractivity (Wildman–Crippen MR) is 73.4 cm³/mol. The first-order valence-electron chi connectivity index (χ1n) is 6.33. The maximum atomic E-state index is 12.1. The van der Waals surface area contributed by atoms with Gasteiger partial charge in [0.1, 0.15) is 0 Å². The van der Waals surface area contributed by atoms with Gasteiger partial charge >= 0.3 is 0 Å². The minimum absolute atomic E-state index is 0.0305. The Morgan fingerprint density at radius 2 is 2.33 bits per heavy atom. The summed E-state index contributed by atoms with van der Waals surface area (Å²) >= 11 is 0. The summed E-state index contributed by atoms with van der Waals surface area (Å²) in [7, 11) is 0. The van der Waals surface area contributed by atoms with Gasteiger partial charge in [-0.05, 0) is 25.0 Å². The number of para-hydroxylation sites is 1. The van der Waals surface area contributed by atoms with Crippen LogP contribution in [-0.2, 0) is 4.79 Å². The normalized spacial score (nSPS) is 16.8. The molecule has 2 rings (SSSR count). The minimum atomic E-state index is -0.0305. The van der Waals surface area contributed by atoms with Crippen LogP contribution in [0.25, 0.3) is 0 Å². The van der Waals surface area contributed by atoms with Gasteiger partial charge in [0, 0.05) is 25.2 Å². The first kappa shape index (κ1) is 12.5. The first-order valence-corrected chi connectivity index (χ1v) is 6.33. The van der Waals surface area contributed by atoms with Crippen LogP contribution >= 0.6 is 0 Å². The van der Waals surface area contributed by atoms with Crippen molar-refractivity contribution in [2.45, 2.75) is 25.7 Å². The zero-order valence-corrected chi connectivity index (χ0v) is 10.6. The van der Waals surface area contributed by atoms with Gasteiger partial charge in [-0.25, -0.2) is 0 Å². The van der Waals surface area contributed by atoms with Crippen molar-refractivity contribution in [3.63, 3.8) is 0 Å². The average molecular weight is 242 g/mol. The van der Waals surface area contributed by atoms with Gasteiger partial charge in [0.2, 0.25) is 5.91 Å². The summed E-state index contributed by atoms with van der Waals surface area (Å²) in [5.74, 6) is 5.86. The lowest BCUT2D eigenvalue weighted by molar-refractivity contribution is -0.122. The van der Waals surface area contributed by atoms with Crippen LogP contribution in [0.3, 0.4) is 0 Å². The molecule has 0 radical (unpaired) electrons. The van der Waals surface area contributed by atoms with E-state index in [2.05, 4.69) is 22.5 Å². The van der Waals surface area contributed by atoms with Crippen LogP contribution in [-0.4, -0.2) is 19.0 Å². The van der Waals surface area contributed by atoms with Crippen LogP contribution < -0.4 is 10.6 Å². The van der Waals surface area contributed by atoms with Crippen molar-refractivity contribution >= 4 is 11.6 Å². The van der Waals surface area contributed by atoms with E-state index < -0.39 is 0 Å². The monoisotopic (exact) mass is 242 g/mol. The maximum Gasteiger partial charge on any atom is 0.227 e. The predicted octanol–water partition coefficient (Wildman–Crippen LogP) is 2.12. The molecule has 1 amide bonds. The third-order valence-electron chi connectivity index (χ3n) is 3.13. The highest BCUT2D eigenvalue weighted by atomic mass is 16.1. The molecule has 94 valence electrons. The molecule has 18 heavy (non-hydrogen) atoms. The van der Waals surface area contributed by atoms with Crippen molar-refractivity contribution in [1.82, 2.24) is 5.32 Å². The zero-order valence-electron chi connectivity index (χ0n) is 10.6. The Morgan fingerprint density at radius 3 is 3.17 bits per heavy atom. The Morgan fingerprint density at radius 1 is 1.50 bits per heavy atom. The van der Waals surface area contributed by atoms with Crippen molar-refractivity contribution in [2.24, 2.45) is 0 Å². The Labute approximate surface area is 108 Å². The molecule has 1 aliphatic heterocycles. The molecule has 1 heterocycles. The number of rotatable bonds is 3. The van der Waals surface area contributed by atoms with E-state index in [-0.39, 0.29) is 11.8 Å². The standard InChI is InChI=1S/C15H18N2O/c1-2-3-6-10-17-15(18)13-9-11-16-14-8-5-4-7-12(13)14/h4-5,7-8,13,16H,6,9-11H2,1H3,(H,17,18). The number of hydrogen-bond donors (Lipinski definition) is 2. The van der Waals surface area contributed by atoms with Gasteiger partial charge in [-0.1, -0.05) is 18.2 Å². The molecule has 1 atom stereocenters. The molecule has 1 aromatic carbocycles. The van der Waals surface area contributed by atoms with Crippen LogP contribution in [0, 0.1) is 11.8 Å². The summed E-state index contributed by atoms with van der Waals surface area (Å²) in [5, 5.41) is 6.28. The Kier molecular flexibility index (Phi) is 4.25. The van der Waals surface area contributed by atoms with Crippen molar-refractivity contribution in [3.8, 4) is 11.8 Å². The van der Waals surface area contributed by atoms with E-state index in [1.165, 1.54) is 0 Å². The molecule has 1 aliphatic rings. The molecule has 0 fully saturated rings. The quantitative estimate of drug-likeness (QED) is 0.629. The molecule has 1 unspecified atom stereocenters. The van der Waals surface area contributed by atoms with Gasteiger partial charge in [0.15, 0.2) is 0 Å². The molecule has 0 bridgehead atoms. The van der Waals surface area contributed by atoms with E-state index in [4.69, 9.17) is 0 Å². The third-order valence-corrected chi connectivity index (χ3v) is 3.13. The molecule has 0 aliphatic carbocycles. The number of fused-ring (bicyclic) bond motifs is 1. The summed E-state index contributed by atoms with van der Waals surface area (Å²) in [6, 6.07) is 8.02. The smallest absolute Gasteiger partial charge is 0.227 e. The molecular formula is C15H18N2O. The van der Waals surface area contributed by atoms with E-state index in [0.717, 1.165) is 30.6 Å². The van der Waals surface area contributed by atoms with Crippen molar-refractivity contribution in [2.75, 3.05) is 18.4 Å². The highest BCUT2D eigenvalue weighted by Gasteiger charge is 2.25. The van der Waals surface area contributed by atoms with E-state index >= 15 is 0 Å². The van der Waals surface area contributed by atoms with Crippen LogP contribution in [0.5, 0.6) is 0 Å². The second kappa shape index (κ2) is 6.11. The molecule has 2 N–H and O–H groups in total. The van der Waals surface area contributed by atoms with Gasteiger partial charge in [-0.2, -0.15) is 0 Å². The van der Waals surface area contributed by atoms with Crippen LogP contribution in [0.1, 0.15) is 31.2 Å². The highest BCUT2D eigenvalue weighted by molar-refractivity contribution is 5.86. The number of amides is 1. The second-order valence-electron chi connectivity index (χ2n) is 4.32. The SMILES string of the molecule is CC#CCCNC(=O)C1CCNc2ccccc21. The Hall–Kier alpha value is -1.95. The number of carbonyl (C=O) groups is 1. The molecule has 3 heteroatoms. The van der Waals surface area contributed by atoms with E-state index in [0.29, 0.717) is 6.54 Å². The third kappa shape index (κ3) is 2.84. The number of carbonyl (C=O) groups excluding carboxylic acids is 1. The van der Waals surface area contributed by atoms with Gasteiger partial charge in [-0.15, -0.1) is 11.8 Å². The van der Waals surface area contributed by atoms with Gasteiger partial charge in [-0.3, -0.25) is 4.79 Å². The van der Waals surface area contributed by atoms with Crippen LogP contribution in [0.15, 0.2) is 24.3 Å². The lowest BCUT2D eigenvalue weighted by Crippen LogP contribution is -2.33. The topological polar surface area (TPSA) is 41.1 Å². The van der Waals surface area contributed by atoms with Crippen LogP contribution in [0.4, 0.5) is 5.69 Å². The summed E-state index contributed by atoms with van der Waals surface area (Å²) in [4.78, 5) is 12.1. The molecular weight excluding hydrogens is 224 g/mol. The minimum Gasteiger partial charge on any atom is -0.385 e. The number of anilines is 1. The molecule has 0 saturated heterocycles. The molecule has 0 aromatic heterocycles. The summed E-state index contributed by atoms with van der Waals surface area (Å²) < 4.78 is 0. The lowest BCUT2D eigenvalue weighted by atomic mass is 9.90. The average Bonchev–Trinajstić information content (AvgIpc) is 2.43. The van der Waals surface area contributed by atoms with Gasteiger partial charge < -0.3 is 10.6 Å². The zero-order chi connectivity index (χ0) is 12.8. The Balaban J connectivity index is 2.00. The first-order chi connectivity index (χ1) is 8.83. The fraction of sp³-hybridized carbons (Fsp3) is 0.400. The molecule has 0 spiro atoms. The molecule has 1 aromatic rings. The maximum absolute atomic E-state index is 12.1. The van der Waals surface area contributed by atoms with Crippen molar-refractivity contribution < 1.29 is 4.79 Å². The van der Waals surface area contributed by atoms with Crippen molar-refractivity contribution in [1.29, 1.82) is 0 Å². The fourth-order valence-corrected chi connectivity index (χ4v) is 2.24. The fourth-order valence-electron chi connectivity index (χ4n) is 2.24. The number of hydrogen-bond acceptors (Lipinski definition) is 2. The Bertz CT molecular complexity index is 485. The van der Waals surface area contributed by atoms with E-state index in [1.54, 1.807) is 0 Å². The largest absolute Gasteiger partial charge is 0.385 e. The van der Waals surface area contributed by atoms with Gasteiger partial charge in [0.25, 0.3) is 0 Å². The van der Waals surface area contributed by atoms with Crippen LogP contribution in [0.2, 0.25) is 0 Å². The summed E-state index contributed by atoms with van der Waals surface area (Å²) in [6.07, 6.45) is 1.57. The number of benzene rings is 1.